The molecule has 16 heteroatoms. The minimum Gasteiger partial charge on any atom is -0.441 e. The molecule has 3 aromatic heterocycles. The number of aromatic nitrogens is 3. The Morgan fingerprint density at radius 1 is 1.08 bits per heavy atom. The van der Waals surface area contributed by atoms with E-state index in [1.54, 1.807) is 0 Å². The lowest BCUT2D eigenvalue weighted by molar-refractivity contribution is -0.141. The minimum absolute atomic E-state index is 0.0808. The number of nitrogens with one attached hydrogen (secondary N) is 2. The Kier molecular flexibility index (Phi) is 8.60. The van der Waals surface area contributed by atoms with Gasteiger partial charge in [-0.1, -0.05) is 0 Å². The molecule has 2 amide bonds. The topological polar surface area (TPSA) is 161 Å². The van der Waals surface area contributed by atoms with Gasteiger partial charge in [0.1, 0.15) is 23.3 Å². The number of pyridine rings is 3. The van der Waals surface area contributed by atoms with Crippen LogP contribution < -0.4 is 22.2 Å². The van der Waals surface area contributed by atoms with Crippen molar-refractivity contribution in [1.82, 2.24) is 25.3 Å². The van der Waals surface area contributed by atoms with Gasteiger partial charge in [-0.2, -0.15) is 17.6 Å². The van der Waals surface area contributed by atoms with Crippen LogP contribution in [-0.4, -0.2) is 39.0 Å². The first-order valence-electron chi connectivity index (χ1n) is 10.8. The van der Waals surface area contributed by atoms with Crippen LogP contribution in [0.3, 0.4) is 0 Å². The van der Waals surface area contributed by atoms with Crippen LogP contribution >= 0.6 is 0 Å². The third kappa shape index (κ3) is 7.35. The highest BCUT2D eigenvalue weighted by molar-refractivity contribution is 6.04. The van der Waals surface area contributed by atoms with E-state index in [2.05, 4.69) is 25.6 Å². The van der Waals surface area contributed by atoms with Gasteiger partial charge in [-0.3, -0.25) is 25.1 Å². The molecule has 0 saturated heterocycles. The van der Waals surface area contributed by atoms with Crippen LogP contribution in [0, 0.1) is 11.8 Å². The van der Waals surface area contributed by atoms with Crippen molar-refractivity contribution in [2.24, 2.45) is 11.6 Å². The van der Waals surface area contributed by atoms with Crippen LogP contribution in [0.2, 0.25) is 0 Å². The Morgan fingerprint density at radius 2 is 1.79 bits per heavy atom. The summed E-state index contributed by atoms with van der Waals surface area (Å²) in [6.45, 7) is 1.29. The maximum absolute atomic E-state index is 13.9. The summed E-state index contributed by atoms with van der Waals surface area (Å²) in [5, 5.41) is 5.61. The number of hydrazine groups is 1. The summed E-state index contributed by atoms with van der Waals surface area (Å²) in [6.07, 6.45) is -4.36. The van der Waals surface area contributed by atoms with Crippen molar-refractivity contribution in [3.63, 3.8) is 0 Å². The summed E-state index contributed by atoms with van der Waals surface area (Å²) in [5.74, 6) is 2.88. The van der Waals surface area contributed by atoms with E-state index in [9.17, 15) is 31.5 Å². The van der Waals surface area contributed by atoms with Gasteiger partial charge >= 0.3 is 12.3 Å². The van der Waals surface area contributed by atoms with Gasteiger partial charge in [-0.15, -0.1) is 0 Å². The Morgan fingerprint density at radius 3 is 2.41 bits per heavy atom. The van der Waals surface area contributed by atoms with E-state index in [1.165, 1.54) is 32.3 Å². The highest BCUT2D eigenvalue weighted by atomic mass is 19.4. The first-order valence-corrected chi connectivity index (χ1v) is 10.8. The zero-order chi connectivity index (χ0) is 28.9. The molecule has 3 aromatic rings. The smallest absolute Gasteiger partial charge is 0.433 e. The van der Waals surface area contributed by atoms with Gasteiger partial charge in [-0.05, 0) is 37.3 Å². The van der Waals surface area contributed by atoms with Crippen LogP contribution in [0.25, 0.3) is 5.70 Å². The third-order valence-corrected chi connectivity index (χ3v) is 4.99. The van der Waals surface area contributed by atoms with E-state index >= 15 is 0 Å². The predicted molar refractivity (Wildman–Crippen MR) is 127 cm³/mol. The Labute approximate surface area is 217 Å². The van der Waals surface area contributed by atoms with Gasteiger partial charge in [0.15, 0.2) is 5.82 Å². The number of anilines is 1. The van der Waals surface area contributed by atoms with Crippen molar-refractivity contribution in [2.45, 2.75) is 19.2 Å². The fraction of sp³-hybridized carbons (Fsp3) is 0.174. The lowest BCUT2D eigenvalue weighted by atomic mass is 10.2. The van der Waals surface area contributed by atoms with Gasteiger partial charge in [0.2, 0.25) is 5.95 Å². The maximum atomic E-state index is 13.9. The molecule has 0 aliphatic carbocycles. The number of nitrogens with two attached hydrogens (primary N) is 2. The number of carbonyl (C=O) groups excluding carboxylic acids is 2. The first-order chi connectivity index (χ1) is 18.3. The van der Waals surface area contributed by atoms with Crippen molar-refractivity contribution in [1.29, 1.82) is 0 Å². The fourth-order valence-electron chi connectivity index (χ4n) is 3.10. The van der Waals surface area contributed by atoms with Gasteiger partial charge in [0.25, 0.3) is 5.91 Å². The molecule has 0 unspecified atom stereocenters. The van der Waals surface area contributed by atoms with E-state index in [4.69, 9.17) is 16.3 Å². The lowest BCUT2D eigenvalue weighted by Gasteiger charge is -2.21. The number of carbonyl (C=O) groups is 2. The van der Waals surface area contributed by atoms with E-state index in [0.717, 1.165) is 23.3 Å². The van der Waals surface area contributed by atoms with E-state index in [0.29, 0.717) is 12.3 Å². The highest BCUT2D eigenvalue weighted by Crippen LogP contribution is 2.28. The largest absolute Gasteiger partial charge is 0.441 e. The molecule has 0 aromatic carbocycles. The van der Waals surface area contributed by atoms with Crippen molar-refractivity contribution in [2.75, 3.05) is 12.4 Å². The molecule has 0 saturated carbocycles. The summed E-state index contributed by atoms with van der Waals surface area (Å²) >= 11 is 0. The molecular formula is C23H21F5N8O3. The molecule has 0 bridgehead atoms. The molecule has 1 atom stereocenters. The second-order valence-corrected chi connectivity index (χ2v) is 7.89. The van der Waals surface area contributed by atoms with Crippen molar-refractivity contribution in [3.05, 3.63) is 89.0 Å². The second kappa shape index (κ2) is 11.7. The number of ether oxygens (including phenoxy) is 1. The molecule has 3 heterocycles. The molecular weight excluding hydrogens is 531 g/mol. The standard InChI is InChI=1S/C23H21F5N8O3/c1-11(15-8-13(24)9-33-19(15)25)39-22(38)35-20(36(2)30)18(29)16-4-3-14(10-32-16)34-21(37)12-5-6-31-17(7-12)23(26,27)28/h3-11H,29-30H2,1-2H3,(H,34,37)(H,35,38)/b20-18-/t11-/m1/s1. The van der Waals surface area contributed by atoms with Crippen LogP contribution in [0.4, 0.5) is 32.4 Å². The summed E-state index contributed by atoms with van der Waals surface area (Å²) in [7, 11) is 1.33. The predicted octanol–water partition coefficient (Wildman–Crippen LogP) is 3.30. The number of hydrogen-bond donors (Lipinski definition) is 4. The molecule has 0 radical (unpaired) electrons. The Bertz CT molecular complexity index is 1400. The van der Waals surface area contributed by atoms with Crippen molar-refractivity contribution < 1.29 is 36.3 Å². The second-order valence-electron chi connectivity index (χ2n) is 7.89. The first kappa shape index (κ1) is 28.7. The molecule has 206 valence electrons. The van der Waals surface area contributed by atoms with Gasteiger partial charge < -0.3 is 15.8 Å². The molecule has 0 spiro atoms. The minimum atomic E-state index is -4.72. The lowest BCUT2D eigenvalue weighted by Crippen LogP contribution is -2.39. The molecule has 11 nitrogen and oxygen atoms in total. The average molecular weight is 552 g/mol. The number of halogens is 5. The van der Waals surface area contributed by atoms with E-state index < -0.39 is 41.7 Å². The monoisotopic (exact) mass is 552 g/mol. The maximum Gasteiger partial charge on any atom is 0.433 e. The quantitative estimate of drug-likeness (QED) is 0.149. The summed E-state index contributed by atoms with van der Waals surface area (Å²) < 4.78 is 70.9. The molecule has 0 aliphatic heterocycles. The SMILES string of the molecule is C[C@@H](OC(=O)N/C(=C(/N)c1ccc(NC(=O)c2ccnc(C(F)(F)F)c2)cn1)N(C)N)c1cc(F)cnc1F. The zero-order valence-corrected chi connectivity index (χ0v) is 20.3. The number of amides is 2. The average Bonchev–Trinajstić information content (AvgIpc) is 2.88. The Hall–Kier alpha value is -4.86. The van der Waals surface area contributed by atoms with Crippen LogP contribution in [-0.2, 0) is 10.9 Å². The summed E-state index contributed by atoms with van der Waals surface area (Å²) in [6, 6.07) is 5.24. The highest BCUT2D eigenvalue weighted by Gasteiger charge is 2.33. The van der Waals surface area contributed by atoms with Crippen LogP contribution in [0.15, 0.2) is 54.7 Å². The number of hydrogen-bond acceptors (Lipinski definition) is 9. The van der Waals surface area contributed by atoms with E-state index in [1.807, 2.05) is 0 Å². The van der Waals surface area contributed by atoms with Gasteiger partial charge in [0, 0.05) is 18.8 Å². The molecule has 3 rings (SSSR count). The number of rotatable bonds is 7. The zero-order valence-electron chi connectivity index (χ0n) is 20.3. The number of nitrogens with zero attached hydrogens (tertiary/aromatic N) is 4. The molecule has 0 fully saturated rings. The molecule has 6 N–H and O–H groups in total. The fourth-order valence-corrected chi connectivity index (χ4v) is 3.10. The Balaban J connectivity index is 1.72. The van der Waals surface area contributed by atoms with Gasteiger partial charge in [-0.25, -0.2) is 20.0 Å². The van der Waals surface area contributed by atoms with Crippen molar-refractivity contribution in [3.8, 4) is 0 Å². The molecule has 39 heavy (non-hydrogen) atoms. The number of alkyl halides is 3. The molecule has 0 aliphatic rings. The number of alkyl carbamates (subject to hydrolysis) is 1. The normalized spacial score (nSPS) is 12.7. The third-order valence-electron chi connectivity index (χ3n) is 4.99. The van der Waals surface area contributed by atoms with Crippen LogP contribution in [0.5, 0.6) is 0 Å². The van der Waals surface area contributed by atoms with Crippen LogP contribution in [0.1, 0.15) is 40.3 Å². The van der Waals surface area contributed by atoms with Gasteiger partial charge in [0.05, 0.1) is 29.3 Å². The van der Waals surface area contributed by atoms with E-state index in [-0.39, 0.29) is 34.0 Å². The summed E-state index contributed by atoms with van der Waals surface area (Å²) in [4.78, 5) is 35.2. The van der Waals surface area contributed by atoms with Crippen molar-refractivity contribution >= 4 is 23.4 Å². The summed E-state index contributed by atoms with van der Waals surface area (Å²) in [5.41, 5.74) is 4.33.